The van der Waals surface area contributed by atoms with E-state index in [1.54, 1.807) is 13.2 Å². The van der Waals surface area contributed by atoms with E-state index >= 15 is 0 Å². The molecule has 1 heterocycles. The van der Waals surface area contributed by atoms with Crippen LogP contribution in [0.5, 0.6) is 5.75 Å². The number of ether oxygens (including phenoxy) is 1. The average molecular weight is 310 g/mol. The number of methoxy groups -OCH3 is 1. The van der Waals surface area contributed by atoms with E-state index in [0.29, 0.717) is 34.7 Å². The molecule has 1 saturated heterocycles. The van der Waals surface area contributed by atoms with Crippen molar-refractivity contribution >= 4 is 17.4 Å². The predicted molar refractivity (Wildman–Crippen MR) is 86.5 cm³/mol. The molecule has 3 nitrogen and oxygen atoms in total. The van der Waals surface area contributed by atoms with Crippen molar-refractivity contribution in [3.8, 4) is 5.75 Å². The molecule has 116 valence electrons. The Morgan fingerprint density at radius 3 is 2.52 bits per heavy atom. The number of ketones is 1. The van der Waals surface area contributed by atoms with E-state index in [-0.39, 0.29) is 5.78 Å². The van der Waals surface area contributed by atoms with Crippen LogP contribution in [0, 0.1) is 18.8 Å². The number of carbonyl (C=O) groups is 1. The first kappa shape index (κ1) is 16.3. The van der Waals surface area contributed by atoms with E-state index in [4.69, 9.17) is 16.3 Å². The van der Waals surface area contributed by atoms with Crippen LogP contribution in [0.15, 0.2) is 12.1 Å². The third-order valence-electron chi connectivity index (χ3n) is 4.09. The van der Waals surface area contributed by atoms with Crippen molar-refractivity contribution in [1.82, 2.24) is 4.90 Å². The first-order valence-corrected chi connectivity index (χ1v) is 7.88. The van der Waals surface area contributed by atoms with E-state index in [2.05, 4.69) is 18.7 Å². The molecular formula is C17H24ClNO2. The molecule has 21 heavy (non-hydrogen) atoms. The Bertz CT molecular complexity index is 520. The lowest BCUT2D eigenvalue weighted by Crippen LogP contribution is -2.41. The SMILES string of the molecule is COc1cc(C)c(Cl)cc1C(=O)CN1CC(C)CC(C)C1. The first-order chi connectivity index (χ1) is 9.90. The van der Waals surface area contributed by atoms with Gasteiger partial charge in [0.2, 0.25) is 0 Å². The van der Waals surface area contributed by atoms with Crippen molar-refractivity contribution in [1.29, 1.82) is 0 Å². The number of benzene rings is 1. The zero-order valence-electron chi connectivity index (χ0n) is 13.3. The van der Waals surface area contributed by atoms with E-state index in [1.807, 2.05) is 13.0 Å². The van der Waals surface area contributed by atoms with Crippen molar-refractivity contribution in [3.63, 3.8) is 0 Å². The van der Waals surface area contributed by atoms with Crippen molar-refractivity contribution < 1.29 is 9.53 Å². The van der Waals surface area contributed by atoms with Crippen molar-refractivity contribution in [2.75, 3.05) is 26.7 Å². The summed E-state index contributed by atoms with van der Waals surface area (Å²) in [5.74, 6) is 1.98. The lowest BCUT2D eigenvalue weighted by molar-refractivity contribution is 0.0847. The number of halogens is 1. The monoisotopic (exact) mass is 309 g/mol. The third kappa shape index (κ3) is 3.98. The summed E-state index contributed by atoms with van der Waals surface area (Å²) < 4.78 is 5.34. The highest BCUT2D eigenvalue weighted by Gasteiger charge is 2.25. The summed E-state index contributed by atoms with van der Waals surface area (Å²) in [7, 11) is 1.59. The number of piperidine rings is 1. The van der Waals surface area contributed by atoms with E-state index in [9.17, 15) is 4.79 Å². The summed E-state index contributed by atoms with van der Waals surface area (Å²) in [6, 6.07) is 3.56. The highest BCUT2D eigenvalue weighted by molar-refractivity contribution is 6.31. The molecule has 4 heteroatoms. The van der Waals surface area contributed by atoms with Crippen molar-refractivity contribution in [3.05, 3.63) is 28.3 Å². The molecule has 0 N–H and O–H groups in total. The van der Waals surface area contributed by atoms with Gasteiger partial charge in [0.05, 0.1) is 19.2 Å². The minimum Gasteiger partial charge on any atom is -0.496 e. The summed E-state index contributed by atoms with van der Waals surface area (Å²) in [4.78, 5) is 14.8. The molecule has 0 saturated carbocycles. The zero-order chi connectivity index (χ0) is 15.6. The smallest absolute Gasteiger partial charge is 0.180 e. The van der Waals surface area contributed by atoms with E-state index in [1.165, 1.54) is 6.42 Å². The Hall–Kier alpha value is -1.06. The first-order valence-electron chi connectivity index (χ1n) is 7.50. The molecule has 2 rings (SSSR count). The fourth-order valence-electron chi connectivity index (χ4n) is 3.25. The van der Waals surface area contributed by atoms with Gasteiger partial charge in [0.25, 0.3) is 0 Å². The highest BCUT2D eigenvalue weighted by atomic mass is 35.5. The Labute approximate surface area is 132 Å². The molecule has 1 aromatic rings. The average Bonchev–Trinajstić information content (AvgIpc) is 2.40. The number of likely N-dealkylation sites (tertiary alicyclic amines) is 1. The van der Waals surface area contributed by atoms with Crippen LogP contribution in [0.4, 0.5) is 0 Å². The van der Waals surface area contributed by atoms with Crippen LogP contribution in [-0.2, 0) is 0 Å². The van der Waals surface area contributed by atoms with Gasteiger partial charge in [-0.25, -0.2) is 0 Å². The second-order valence-corrected chi connectivity index (χ2v) is 6.77. The molecule has 1 aromatic carbocycles. The summed E-state index contributed by atoms with van der Waals surface area (Å²) in [5, 5.41) is 0.611. The topological polar surface area (TPSA) is 29.5 Å². The number of hydrogen-bond donors (Lipinski definition) is 0. The van der Waals surface area contributed by atoms with Gasteiger partial charge in [0, 0.05) is 18.1 Å². The van der Waals surface area contributed by atoms with Gasteiger partial charge >= 0.3 is 0 Å². The molecule has 0 aliphatic carbocycles. The van der Waals surface area contributed by atoms with Gasteiger partial charge in [0.15, 0.2) is 5.78 Å². The van der Waals surface area contributed by atoms with Gasteiger partial charge in [0.1, 0.15) is 5.75 Å². The van der Waals surface area contributed by atoms with E-state index in [0.717, 1.165) is 18.7 Å². The maximum absolute atomic E-state index is 12.6. The van der Waals surface area contributed by atoms with Gasteiger partial charge < -0.3 is 4.74 Å². The third-order valence-corrected chi connectivity index (χ3v) is 4.50. The molecule has 0 spiro atoms. The molecular weight excluding hydrogens is 286 g/mol. The Morgan fingerprint density at radius 1 is 1.33 bits per heavy atom. The molecule has 0 radical (unpaired) electrons. The van der Waals surface area contributed by atoms with Gasteiger partial charge in [-0.05, 0) is 42.9 Å². The fraction of sp³-hybridized carbons (Fsp3) is 0.588. The second kappa shape index (κ2) is 6.80. The standard InChI is InChI=1S/C17H24ClNO2/c1-11-5-12(2)9-19(8-11)10-16(20)14-7-15(18)13(3)6-17(14)21-4/h6-7,11-12H,5,8-10H2,1-4H3. The molecule has 1 fully saturated rings. The van der Waals surface area contributed by atoms with Crippen LogP contribution >= 0.6 is 11.6 Å². The van der Waals surface area contributed by atoms with Crippen LogP contribution in [-0.4, -0.2) is 37.4 Å². The number of Topliss-reactive ketones (excluding diaryl/α,β-unsaturated/α-hetero) is 1. The minimum atomic E-state index is 0.0788. The number of nitrogens with zero attached hydrogens (tertiary/aromatic N) is 1. The van der Waals surface area contributed by atoms with Crippen LogP contribution in [0.3, 0.4) is 0 Å². The summed E-state index contributed by atoms with van der Waals surface area (Å²) in [6.07, 6.45) is 1.24. The number of hydrogen-bond acceptors (Lipinski definition) is 3. The maximum atomic E-state index is 12.6. The van der Waals surface area contributed by atoms with Crippen molar-refractivity contribution in [2.24, 2.45) is 11.8 Å². The molecule has 1 aliphatic rings. The van der Waals surface area contributed by atoms with Crippen LogP contribution in [0.25, 0.3) is 0 Å². The van der Waals surface area contributed by atoms with Gasteiger partial charge in [-0.2, -0.15) is 0 Å². The molecule has 0 aromatic heterocycles. The number of aryl methyl sites for hydroxylation is 1. The molecule has 1 aliphatic heterocycles. The normalized spacial score (nSPS) is 23.1. The predicted octanol–water partition coefficient (Wildman–Crippen LogP) is 3.82. The fourth-order valence-corrected chi connectivity index (χ4v) is 3.41. The summed E-state index contributed by atoms with van der Waals surface area (Å²) >= 11 is 6.15. The van der Waals surface area contributed by atoms with Crippen molar-refractivity contribution in [2.45, 2.75) is 27.2 Å². The molecule has 2 atom stereocenters. The largest absolute Gasteiger partial charge is 0.496 e. The Morgan fingerprint density at radius 2 is 1.95 bits per heavy atom. The summed E-state index contributed by atoms with van der Waals surface area (Å²) in [5.41, 5.74) is 1.50. The highest BCUT2D eigenvalue weighted by Crippen LogP contribution is 2.28. The minimum absolute atomic E-state index is 0.0788. The number of carbonyl (C=O) groups excluding carboxylic acids is 1. The van der Waals surface area contributed by atoms with Gasteiger partial charge in [-0.3, -0.25) is 9.69 Å². The maximum Gasteiger partial charge on any atom is 0.180 e. The summed E-state index contributed by atoms with van der Waals surface area (Å²) in [6.45, 7) is 8.81. The quantitative estimate of drug-likeness (QED) is 0.792. The van der Waals surface area contributed by atoms with E-state index < -0.39 is 0 Å². The number of rotatable bonds is 4. The Kier molecular flexibility index (Phi) is 5.28. The Balaban J connectivity index is 2.15. The lowest BCUT2D eigenvalue weighted by atomic mass is 9.91. The molecule has 2 unspecified atom stereocenters. The second-order valence-electron chi connectivity index (χ2n) is 6.36. The van der Waals surface area contributed by atoms with Gasteiger partial charge in [-0.1, -0.05) is 25.4 Å². The lowest BCUT2D eigenvalue weighted by Gasteiger charge is -2.34. The molecule has 0 bridgehead atoms. The molecule has 0 amide bonds. The van der Waals surface area contributed by atoms with Crippen LogP contribution < -0.4 is 4.74 Å². The van der Waals surface area contributed by atoms with Gasteiger partial charge in [-0.15, -0.1) is 0 Å². The zero-order valence-corrected chi connectivity index (χ0v) is 14.0. The van der Waals surface area contributed by atoms with Crippen LogP contribution in [0.1, 0.15) is 36.2 Å². The van der Waals surface area contributed by atoms with Crippen LogP contribution in [0.2, 0.25) is 5.02 Å².